The van der Waals surface area contributed by atoms with Crippen molar-refractivity contribution in [2.24, 2.45) is 0 Å². The molecule has 4 heteroatoms. The van der Waals surface area contributed by atoms with E-state index in [1.165, 1.54) is 0 Å². The van der Waals surface area contributed by atoms with Crippen LogP contribution in [0.25, 0.3) is 16.9 Å². The molecule has 116 valence electrons. The molecule has 2 aromatic carbocycles. The highest BCUT2D eigenvalue weighted by atomic mass is 16.5. The molecule has 0 aliphatic heterocycles. The van der Waals surface area contributed by atoms with Gasteiger partial charge in [-0.25, -0.2) is 9.48 Å². The second kappa shape index (κ2) is 6.48. The molecule has 0 bridgehead atoms. The van der Waals surface area contributed by atoms with Crippen molar-refractivity contribution < 1.29 is 9.53 Å². The van der Waals surface area contributed by atoms with Crippen molar-refractivity contribution in [2.75, 3.05) is 6.61 Å². The molecule has 4 nitrogen and oxygen atoms in total. The number of hydrogen-bond donors (Lipinski definition) is 0. The Labute approximate surface area is 135 Å². The summed E-state index contributed by atoms with van der Waals surface area (Å²) in [6.45, 7) is 4.03. The minimum absolute atomic E-state index is 0.336. The first-order chi connectivity index (χ1) is 11.2. The monoisotopic (exact) mass is 306 g/mol. The summed E-state index contributed by atoms with van der Waals surface area (Å²) in [6, 6.07) is 19.5. The van der Waals surface area contributed by atoms with Gasteiger partial charge < -0.3 is 4.74 Å². The Hall–Kier alpha value is -2.88. The Morgan fingerprint density at radius 2 is 1.65 bits per heavy atom. The highest BCUT2D eigenvalue weighted by Gasteiger charge is 2.23. The second-order valence-corrected chi connectivity index (χ2v) is 5.14. The number of carbonyl (C=O) groups is 1. The minimum Gasteiger partial charge on any atom is -0.462 e. The zero-order chi connectivity index (χ0) is 16.2. The lowest BCUT2D eigenvalue weighted by atomic mass is 10.1. The summed E-state index contributed by atoms with van der Waals surface area (Å²) >= 11 is 0. The van der Waals surface area contributed by atoms with Crippen LogP contribution in [0.4, 0.5) is 0 Å². The van der Waals surface area contributed by atoms with Gasteiger partial charge in [-0.15, -0.1) is 0 Å². The number of carbonyl (C=O) groups excluding carboxylic acids is 1. The zero-order valence-corrected chi connectivity index (χ0v) is 13.2. The van der Waals surface area contributed by atoms with Crippen molar-refractivity contribution in [1.29, 1.82) is 0 Å². The molecule has 0 aliphatic carbocycles. The number of hydrogen-bond acceptors (Lipinski definition) is 3. The molecule has 0 radical (unpaired) electrons. The van der Waals surface area contributed by atoms with Gasteiger partial charge in [0.05, 0.1) is 18.0 Å². The number of aromatic nitrogens is 2. The number of rotatable bonds is 4. The van der Waals surface area contributed by atoms with Crippen LogP contribution in [-0.4, -0.2) is 22.4 Å². The molecule has 1 aromatic heterocycles. The molecular formula is C19H18N2O2. The van der Waals surface area contributed by atoms with Crippen molar-refractivity contribution in [3.8, 4) is 16.9 Å². The van der Waals surface area contributed by atoms with Crippen LogP contribution in [0.3, 0.4) is 0 Å². The SMILES string of the molecule is CCOC(=O)c1c(-c2ccccc2)nn(-c2ccccc2)c1C. The Balaban J connectivity index is 2.20. The van der Waals surface area contributed by atoms with Gasteiger partial charge in [0.15, 0.2) is 0 Å². The molecule has 0 amide bonds. The van der Waals surface area contributed by atoms with E-state index in [0.717, 1.165) is 16.9 Å². The largest absolute Gasteiger partial charge is 0.462 e. The van der Waals surface area contributed by atoms with Gasteiger partial charge in [0, 0.05) is 5.56 Å². The maximum absolute atomic E-state index is 12.4. The normalized spacial score (nSPS) is 10.5. The standard InChI is InChI=1S/C19H18N2O2/c1-3-23-19(22)17-14(2)21(16-12-8-5-9-13-16)20-18(17)15-10-6-4-7-11-15/h4-13H,3H2,1-2H3. The van der Waals surface area contributed by atoms with Crippen molar-refractivity contribution >= 4 is 5.97 Å². The molecule has 1 heterocycles. The first kappa shape index (κ1) is 15.0. The molecule has 0 saturated heterocycles. The lowest BCUT2D eigenvalue weighted by Gasteiger charge is -2.05. The van der Waals surface area contributed by atoms with E-state index < -0.39 is 0 Å². The fourth-order valence-electron chi connectivity index (χ4n) is 2.57. The molecule has 0 aliphatic rings. The smallest absolute Gasteiger partial charge is 0.342 e. The molecule has 23 heavy (non-hydrogen) atoms. The van der Waals surface area contributed by atoms with Crippen molar-refractivity contribution in [3.63, 3.8) is 0 Å². The van der Waals surface area contributed by atoms with Gasteiger partial charge in [0.1, 0.15) is 11.3 Å². The third-order valence-corrected chi connectivity index (χ3v) is 3.64. The quantitative estimate of drug-likeness (QED) is 0.684. The van der Waals surface area contributed by atoms with Crippen LogP contribution in [0.2, 0.25) is 0 Å². The summed E-state index contributed by atoms with van der Waals surface area (Å²) in [5.74, 6) is -0.342. The molecular weight excluding hydrogens is 288 g/mol. The Bertz CT molecular complexity index is 808. The molecule has 0 spiro atoms. The summed E-state index contributed by atoms with van der Waals surface area (Å²) in [5, 5.41) is 4.67. The molecule has 0 N–H and O–H groups in total. The Morgan fingerprint density at radius 3 is 2.26 bits per heavy atom. The van der Waals surface area contributed by atoms with E-state index in [0.29, 0.717) is 17.9 Å². The number of esters is 1. The number of benzene rings is 2. The summed E-state index contributed by atoms with van der Waals surface area (Å²) in [7, 11) is 0. The van der Waals surface area contributed by atoms with Crippen molar-refractivity contribution in [3.05, 3.63) is 71.9 Å². The predicted octanol–water partition coefficient (Wildman–Crippen LogP) is 4.02. The highest BCUT2D eigenvalue weighted by molar-refractivity contribution is 5.97. The topological polar surface area (TPSA) is 44.1 Å². The zero-order valence-electron chi connectivity index (χ0n) is 13.2. The maximum Gasteiger partial charge on any atom is 0.342 e. The first-order valence-electron chi connectivity index (χ1n) is 7.60. The predicted molar refractivity (Wildman–Crippen MR) is 89.7 cm³/mol. The van der Waals surface area contributed by atoms with Gasteiger partial charge in [-0.05, 0) is 26.0 Å². The van der Waals surface area contributed by atoms with E-state index in [-0.39, 0.29) is 5.97 Å². The molecule has 3 rings (SSSR count). The van der Waals surface area contributed by atoms with Crippen LogP contribution in [-0.2, 0) is 4.74 Å². The van der Waals surface area contributed by atoms with Crippen LogP contribution < -0.4 is 0 Å². The van der Waals surface area contributed by atoms with Crippen LogP contribution in [0, 0.1) is 6.92 Å². The average molecular weight is 306 g/mol. The first-order valence-corrected chi connectivity index (χ1v) is 7.60. The van der Waals surface area contributed by atoms with Crippen LogP contribution >= 0.6 is 0 Å². The number of ether oxygens (including phenoxy) is 1. The fourth-order valence-corrected chi connectivity index (χ4v) is 2.57. The third-order valence-electron chi connectivity index (χ3n) is 3.64. The maximum atomic E-state index is 12.4. The van der Waals surface area contributed by atoms with Gasteiger partial charge in [-0.2, -0.15) is 5.10 Å². The Morgan fingerprint density at radius 1 is 1.04 bits per heavy atom. The molecule has 3 aromatic rings. The molecule has 0 fully saturated rings. The van der Waals surface area contributed by atoms with E-state index >= 15 is 0 Å². The number of nitrogens with zero attached hydrogens (tertiary/aromatic N) is 2. The fraction of sp³-hybridized carbons (Fsp3) is 0.158. The molecule has 0 atom stereocenters. The van der Waals surface area contributed by atoms with E-state index in [4.69, 9.17) is 4.74 Å². The third kappa shape index (κ3) is 2.88. The number of para-hydroxylation sites is 1. The summed E-state index contributed by atoms with van der Waals surface area (Å²) in [6.07, 6.45) is 0. The highest BCUT2D eigenvalue weighted by Crippen LogP contribution is 2.27. The van der Waals surface area contributed by atoms with E-state index in [1.54, 1.807) is 11.6 Å². The summed E-state index contributed by atoms with van der Waals surface area (Å²) in [4.78, 5) is 12.4. The van der Waals surface area contributed by atoms with Gasteiger partial charge in [-0.1, -0.05) is 48.5 Å². The summed E-state index contributed by atoms with van der Waals surface area (Å²) in [5.41, 5.74) is 3.74. The van der Waals surface area contributed by atoms with Crippen LogP contribution in [0.15, 0.2) is 60.7 Å². The lowest BCUT2D eigenvalue weighted by Crippen LogP contribution is -2.07. The second-order valence-electron chi connectivity index (χ2n) is 5.14. The van der Waals surface area contributed by atoms with Gasteiger partial charge in [0.25, 0.3) is 0 Å². The van der Waals surface area contributed by atoms with Crippen LogP contribution in [0.5, 0.6) is 0 Å². The molecule has 0 unspecified atom stereocenters. The van der Waals surface area contributed by atoms with Gasteiger partial charge in [-0.3, -0.25) is 0 Å². The Kier molecular flexibility index (Phi) is 4.24. The van der Waals surface area contributed by atoms with Gasteiger partial charge >= 0.3 is 5.97 Å². The van der Waals surface area contributed by atoms with Crippen LogP contribution in [0.1, 0.15) is 23.0 Å². The molecule has 0 saturated carbocycles. The lowest BCUT2D eigenvalue weighted by molar-refractivity contribution is 0.0526. The summed E-state index contributed by atoms with van der Waals surface area (Å²) < 4.78 is 7.01. The van der Waals surface area contributed by atoms with E-state index in [2.05, 4.69) is 5.10 Å². The van der Waals surface area contributed by atoms with Crippen molar-refractivity contribution in [2.45, 2.75) is 13.8 Å². The minimum atomic E-state index is -0.342. The van der Waals surface area contributed by atoms with E-state index in [1.807, 2.05) is 67.6 Å². The average Bonchev–Trinajstić information content (AvgIpc) is 2.94. The van der Waals surface area contributed by atoms with Crippen molar-refractivity contribution in [1.82, 2.24) is 9.78 Å². The van der Waals surface area contributed by atoms with Gasteiger partial charge in [0.2, 0.25) is 0 Å². The van der Waals surface area contributed by atoms with E-state index in [9.17, 15) is 4.79 Å².